The van der Waals surface area contributed by atoms with E-state index in [0.29, 0.717) is 25.6 Å². The highest BCUT2D eigenvalue weighted by Crippen LogP contribution is 2.22. The summed E-state index contributed by atoms with van der Waals surface area (Å²) in [4.78, 5) is 10.8. The van der Waals surface area contributed by atoms with Gasteiger partial charge in [0.05, 0.1) is 13.2 Å². The first-order valence-electron chi connectivity index (χ1n) is 4.96. The van der Waals surface area contributed by atoms with E-state index in [1.807, 2.05) is 0 Å². The predicted molar refractivity (Wildman–Crippen MR) is 49.4 cm³/mol. The third-order valence-electron chi connectivity index (χ3n) is 2.42. The van der Waals surface area contributed by atoms with Crippen molar-refractivity contribution in [2.75, 3.05) is 13.2 Å². The van der Waals surface area contributed by atoms with Crippen molar-refractivity contribution < 1.29 is 14.3 Å². The molecule has 13 heavy (non-hydrogen) atoms. The molecule has 1 rings (SSSR count). The van der Waals surface area contributed by atoms with Gasteiger partial charge in [-0.05, 0) is 19.8 Å². The zero-order valence-electron chi connectivity index (χ0n) is 8.41. The topological polar surface area (TPSA) is 35.5 Å². The fourth-order valence-corrected chi connectivity index (χ4v) is 1.57. The van der Waals surface area contributed by atoms with Crippen LogP contribution in [-0.4, -0.2) is 25.3 Å². The lowest BCUT2D eigenvalue weighted by Crippen LogP contribution is -2.21. The van der Waals surface area contributed by atoms with Crippen molar-refractivity contribution in [3.8, 4) is 0 Å². The van der Waals surface area contributed by atoms with Gasteiger partial charge in [-0.25, -0.2) is 0 Å². The molecule has 1 aliphatic rings. The third kappa shape index (κ3) is 3.44. The van der Waals surface area contributed by atoms with Crippen LogP contribution in [-0.2, 0) is 14.3 Å². The van der Waals surface area contributed by atoms with E-state index in [4.69, 9.17) is 9.47 Å². The second kappa shape index (κ2) is 5.35. The van der Waals surface area contributed by atoms with E-state index >= 15 is 0 Å². The molecule has 3 nitrogen and oxygen atoms in total. The molecule has 0 aromatic heterocycles. The third-order valence-corrected chi connectivity index (χ3v) is 2.42. The Hall–Kier alpha value is -0.410. The average molecular weight is 186 g/mol. The van der Waals surface area contributed by atoms with E-state index in [-0.39, 0.29) is 12.1 Å². The van der Waals surface area contributed by atoms with Crippen LogP contribution in [0, 0.1) is 5.92 Å². The van der Waals surface area contributed by atoms with E-state index in [1.54, 1.807) is 6.92 Å². The van der Waals surface area contributed by atoms with Crippen molar-refractivity contribution in [1.29, 1.82) is 0 Å². The summed E-state index contributed by atoms with van der Waals surface area (Å²) in [7, 11) is 0. The lowest BCUT2D eigenvalue weighted by Gasteiger charge is -2.19. The predicted octanol–water partition coefficient (Wildman–Crippen LogP) is 1.75. The van der Waals surface area contributed by atoms with Gasteiger partial charge in [0.2, 0.25) is 0 Å². The minimum absolute atomic E-state index is 0.0654. The van der Waals surface area contributed by atoms with Crippen molar-refractivity contribution in [3.05, 3.63) is 0 Å². The number of ketones is 1. The number of carbonyl (C=O) groups is 1. The molecular formula is C10H18O3. The molecule has 0 spiro atoms. The molecule has 1 unspecified atom stereocenters. The molecule has 1 fully saturated rings. The molecule has 0 aromatic rings. The Labute approximate surface area is 79.4 Å². The molecule has 1 atom stereocenters. The van der Waals surface area contributed by atoms with Gasteiger partial charge in [0.25, 0.3) is 0 Å². The quantitative estimate of drug-likeness (QED) is 0.656. The second-order valence-corrected chi connectivity index (χ2v) is 3.52. The first-order valence-corrected chi connectivity index (χ1v) is 4.96. The summed E-state index contributed by atoms with van der Waals surface area (Å²) in [5.41, 5.74) is 0. The maximum absolute atomic E-state index is 10.8. The number of hydrogen-bond donors (Lipinski definition) is 0. The van der Waals surface area contributed by atoms with Crippen LogP contribution >= 0.6 is 0 Å². The fraction of sp³-hybridized carbons (Fsp3) is 0.900. The minimum Gasteiger partial charge on any atom is -0.350 e. The van der Waals surface area contributed by atoms with Gasteiger partial charge >= 0.3 is 0 Å². The maximum Gasteiger partial charge on any atom is 0.160 e. The first kappa shape index (κ1) is 10.7. The van der Waals surface area contributed by atoms with Gasteiger partial charge in [0.1, 0.15) is 5.78 Å². The molecule has 0 amide bonds. The summed E-state index contributed by atoms with van der Waals surface area (Å²) >= 11 is 0. The van der Waals surface area contributed by atoms with Gasteiger partial charge < -0.3 is 14.3 Å². The minimum atomic E-state index is -0.0654. The van der Waals surface area contributed by atoms with Crippen molar-refractivity contribution in [2.45, 2.75) is 39.4 Å². The number of ether oxygens (including phenoxy) is 2. The Morgan fingerprint density at radius 3 is 2.54 bits per heavy atom. The second-order valence-electron chi connectivity index (χ2n) is 3.52. The van der Waals surface area contributed by atoms with Crippen LogP contribution in [0.5, 0.6) is 0 Å². The lowest BCUT2D eigenvalue weighted by atomic mass is 9.98. The molecule has 0 bridgehead atoms. The number of Topliss-reactive ketones (excluding diaryl/α,β-unsaturated/α-hetero) is 1. The molecule has 1 saturated heterocycles. The molecule has 0 aromatic carbocycles. The van der Waals surface area contributed by atoms with Gasteiger partial charge in [-0.2, -0.15) is 0 Å². The van der Waals surface area contributed by atoms with Gasteiger partial charge in [-0.15, -0.1) is 0 Å². The van der Waals surface area contributed by atoms with E-state index in [1.165, 1.54) is 0 Å². The summed E-state index contributed by atoms with van der Waals surface area (Å²) in [6, 6.07) is 0. The Balaban J connectivity index is 2.28. The first-order chi connectivity index (χ1) is 6.24. The van der Waals surface area contributed by atoms with E-state index in [2.05, 4.69) is 6.92 Å². The highest BCUT2D eigenvalue weighted by atomic mass is 16.7. The normalized spacial score (nSPS) is 20.5. The highest BCUT2D eigenvalue weighted by molar-refractivity contribution is 5.75. The van der Waals surface area contributed by atoms with Crippen molar-refractivity contribution in [2.24, 2.45) is 5.92 Å². The molecule has 0 aliphatic carbocycles. The fourth-order valence-electron chi connectivity index (χ4n) is 1.57. The Morgan fingerprint density at radius 1 is 1.46 bits per heavy atom. The summed E-state index contributed by atoms with van der Waals surface area (Å²) < 4.78 is 10.8. The Bertz CT molecular complexity index is 162. The van der Waals surface area contributed by atoms with Crippen LogP contribution in [0.25, 0.3) is 0 Å². The monoisotopic (exact) mass is 186 g/mol. The number of carbonyl (C=O) groups excluding carboxylic acids is 1. The summed E-state index contributed by atoms with van der Waals surface area (Å²) in [5.74, 6) is 0.628. The Morgan fingerprint density at radius 2 is 2.08 bits per heavy atom. The highest BCUT2D eigenvalue weighted by Gasteiger charge is 2.25. The molecule has 0 N–H and O–H groups in total. The van der Waals surface area contributed by atoms with E-state index in [9.17, 15) is 4.79 Å². The molecule has 0 radical (unpaired) electrons. The zero-order valence-corrected chi connectivity index (χ0v) is 8.41. The number of rotatable bonds is 5. The van der Waals surface area contributed by atoms with E-state index < -0.39 is 0 Å². The Kier molecular flexibility index (Phi) is 4.39. The van der Waals surface area contributed by atoms with Gasteiger partial charge in [-0.1, -0.05) is 6.92 Å². The molecule has 3 heteroatoms. The summed E-state index contributed by atoms with van der Waals surface area (Å²) in [6.45, 7) is 5.13. The van der Waals surface area contributed by atoms with Crippen LogP contribution in [0.15, 0.2) is 0 Å². The van der Waals surface area contributed by atoms with Crippen LogP contribution in [0.3, 0.4) is 0 Å². The lowest BCUT2D eigenvalue weighted by molar-refractivity contribution is -0.119. The van der Waals surface area contributed by atoms with Crippen molar-refractivity contribution >= 4 is 5.78 Å². The van der Waals surface area contributed by atoms with Crippen molar-refractivity contribution in [1.82, 2.24) is 0 Å². The average Bonchev–Trinajstić information content (AvgIpc) is 2.58. The van der Waals surface area contributed by atoms with Crippen LogP contribution < -0.4 is 0 Å². The number of hydrogen-bond acceptors (Lipinski definition) is 3. The van der Waals surface area contributed by atoms with Crippen molar-refractivity contribution in [3.63, 3.8) is 0 Å². The maximum atomic E-state index is 10.8. The van der Waals surface area contributed by atoms with Gasteiger partial charge in [-0.3, -0.25) is 0 Å². The molecule has 76 valence electrons. The van der Waals surface area contributed by atoms with Gasteiger partial charge in [0, 0.05) is 12.3 Å². The smallest absolute Gasteiger partial charge is 0.160 e. The standard InChI is InChI=1S/C10H18O3/c1-3-9(5-4-8(2)11)10-12-6-7-13-10/h9-10H,3-7H2,1-2H3. The SMILES string of the molecule is CCC(CCC(C)=O)C1OCCO1. The van der Waals surface area contributed by atoms with E-state index in [0.717, 1.165) is 12.8 Å². The zero-order chi connectivity index (χ0) is 9.68. The van der Waals surface area contributed by atoms with Gasteiger partial charge in [0.15, 0.2) is 6.29 Å². The molecule has 1 heterocycles. The molecule has 0 saturated carbocycles. The molecule has 1 aliphatic heterocycles. The van der Waals surface area contributed by atoms with Crippen LogP contribution in [0.1, 0.15) is 33.1 Å². The van der Waals surface area contributed by atoms with Crippen LogP contribution in [0.2, 0.25) is 0 Å². The van der Waals surface area contributed by atoms with Crippen LogP contribution in [0.4, 0.5) is 0 Å². The summed E-state index contributed by atoms with van der Waals surface area (Å²) in [5, 5.41) is 0. The molecular weight excluding hydrogens is 168 g/mol. The summed E-state index contributed by atoms with van der Waals surface area (Å²) in [6.07, 6.45) is 2.47. The largest absolute Gasteiger partial charge is 0.350 e.